The third-order valence-corrected chi connectivity index (χ3v) is 2.97. The van der Waals surface area contributed by atoms with E-state index < -0.39 is 0 Å². The molecule has 0 bridgehead atoms. The van der Waals surface area contributed by atoms with E-state index >= 15 is 0 Å². The molecule has 0 fully saturated rings. The van der Waals surface area contributed by atoms with Gasteiger partial charge in [-0.05, 0) is 32.0 Å². The summed E-state index contributed by atoms with van der Waals surface area (Å²) in [5, 5.41) is 0.728. The van der Waals surface area contributed by atoms with Crippen LogP contribution < -0.4 is 0 Å². The molecule has 0 radical (unpaired) electrons. The summed E-state index contributed by atoms with van der Waals surface area (Å²) in [4.78, 5) is 19.1. The monoisotopic (exact) mass is 248 g/mol. The van der Waals surface area contributed by atoms with E-state index in [9.17, 15) is 4.79 Å². The van der Waals surface area contributed by atoms with Gasteiger partial charge >= 0.3 is 0 Å². The zero-order chi connectivity index (χ0) is 12.3. The molecule has 0 aromatic carbocycles. The van der Waals surface area contributed by atoms with Gasteiger partial charge in [-0.2, -0.15) is 0 Å². The smallest absolute Gasteiger partial charge is 0.188 e. The van der Waals surface area contributed by atoms with E-state index in [2.05, 4.69) is 9.97 Å². The highest BCUT2D eigenvalue weighted by molar-refractivity contribution is 7.98. The highest BCUT2D eigenvalue weighted by Gasteiger charge is 2.05. The number of aldehydes is 1. The maximum Gasteiger partial charge on any atom is 0.188 e. The fourth-order valence-electron chi connectivity index (χ4n) is 1.43. The van der Waals surface area contributed by atoms with E-state index in [0.717, 1.165) is 22.3 Å². The van der Waals surface area contributed by atoms with Crippen LogP contribution in [0, 0.1) is 13.8 Å². The zero-order valence-electron chi connectivity index (χ0n) is 9.64. The Labute approximate surface area is 103 Å². The number of aryl methyl sites for hydroxylation is 2. The van der Waals surface area contributed by atoms with Gasteiger partial charge in [0.15, 0.2) is 17.2 Å². The number of carbonyl (C=O) groups is 1. The van der Waals surface area contributed by atoms with Crippen LogP contribution >= 0.6 is 11.8 Å². The van der Waals surface area contributed by atoms with E-state index in [0.29, 0.717) is 17.8 Å². The summed E-state index contributed by atoms with van der Waals surface area (Å²) in [5.41, 5.74) is 1.90. The van der Waals surface area contributed by atoms with Crippen LogP contribution in [0.15, 0.2) is 27.8 Å². The number of nitrogens with zero attached hydrogens (tertiary/aromatic N) is 2. The molecular formula is C12H12N2O2S. The molecule has 17 heavy (non-hydrogen) atoms. The Morgan fingerprint density at radius 1 is 1.29 bits per heavy atom. The molecule has 0 saturated heterocycles. The minimum absolute atomic E-state index is 0.349. The first-order valence-corrected chi connectivity index (χ1v) is 6.15. The first kappa shape index (κ1) is 11.9. The van der Waals surface area contributed by atoms with E-state index in [-0.39, 0.29) is 0 Å². The molecule has 5 heteroatoms. The number of hydrogen-bond acceptors (Lipinski definition) is 5. The molecule has 2 rings (SSSR count). The molecular weight excluding hydrogens is 236 g/mol. The molecule has 0 spiro atoms. The second-order valence-electron chi connectivity index (χ2n) is 3.64. The largest absolute Gasteiger partial charge is 0.457 e. The molecule has 0 amide bonds. The molecule has 0 unspecified atom stereocenters. The summed E-state index contributed by atoms with van der Waals surface area (Å²) < 4.78 is 5.27. The van der Waals surface area contributed by atoms with Crippen molar-refractivity contribution < 1.29 is 9.21 Å². The van der Waals surface area contributed by atoms with Crippen LogP contribution in [0.1, 0.15) is 27.7 Å². The van der Waals surface area contributed by atoms with Crippen molar-refractivity contribution in [2.75, 3.05) is 0 Å². The average molecular weight is 248 g/mol. The fourth-order valence-corrected chi connectivity index (χ4v) is 2.27. The molecule has 0 aliphatic rings. The van der Waals surface area contributed by atoms with Crippen molar-refractivity contribution in [3.05, 3.63) is 41.1 Å². The lowest BCUT2D eigenvalue weighted by Crippen LogP contribution is -1.92. The van der Waals surface area contributed by atoms with Crippen LogP contribution in [-0.4, -0.2) is 16.3 Å². The van der Waals surface area contributed by atoms with Crippen molar-refractivity contribution in [1.29, 1.82) is 0 Å². The number of rotatable bonds is 4. The molecule has 0 N–H and O–H groups in total. The molecule has 2 aromatic heterocycles. The second kappa shape index (κ2) is 5.14. The van der Waals surface area contributed by atoms with Crippen molar-refractivity contribution in [2.24, 2.45) is 0 Å². The third kappa shape index (κ3) is 3.17. The Balaban J connectivity index is 2.04. The van der Waals surface area contributed by atoms with Crippen molar-refractivity contribution in [3.63, 3.8) is 0 Å². The number of carbonyl (C=O) groups excluding carboxylic acids is 1. The van der Waals surface area contributed by atoms with Crippen molar-refractivity contribution in [2.45, 2.75) is 24.8 Å². The Hall–Kier alpha value is -1.62. The van der Waals surface area contributed by atoms with E-state index in [1.54, 1.807) is 12.1 Å². The first-order chi connectivity index (χ1) is 8.17. The fraction of sp³-hybridized carbons (Fsp3) is 0.250. The summed E-state index contributed by atoms with van der Waals surface area (Å²) in [6.07, 6.45) is 0.696. The van der Waals surface area contributed by atoms with Crippen LogP contribution in [0.25, 0.3) is 0 Å². The highest BCUT2D eigenvalue weighted by atomic mass is 32.2. The van der Waals surface area contributed by atoms with Gasteiger partial charge in [-0.3, -0.25) is 4.79 Å². The van der Waals surface area contributed by atoms with E-state index in [1.807, 2.05) is 19.9 Å². The summed E-state index contributed by atoms with van der Waals surface area (Å²) in [7, 11) is 0. The molecule has 2 aromatic rings. The molecule has 0 saturated carbocycles. The first-order valence-electron chi connectivity index (χ1n) is 5.16. The Morgan fingerprint density at radius 3 is 2.59 bits per heavy atom. The van der Waals surface area contributed by atoms with Crippen molar-refractivity contribution in [1.82, 2.24) is 9.97 Å². The molecule has 0 atom stereocenters. The maximum atomic E-state index is 10.5. The third-order valence-electron chi connectivity index (χ3n) is 2.10. The van der Waals surface area contributed by atoms with Crippen LogP contribution in [0.2, 0.25) is 0 Å². The van der Waals surface area contributed by atoms with Gasteiger partial charge in [-0.1, -0.05) is 11.8 Å². The quantitative estimate of drug-likeness (QED) is 0.473. The molecule has 0 aliphatic heterocycles. The summed E-state index contributed by atoms with van der Waals surface area (Å²) in [6.45, 7) is 3.88. The molecule has 88 valence electrons. The van der Waals surface area contributed by atoms with Gasteiger partial charge in [-0.25, -0.2) is 9.97 Å². The topological polar surface area (TPSA) is 56.0 Å². The SMILES string of the molecule is Cc1cc(C)nc(SCc2ccc(C=O)o2)n1. The number of aromatic nitrogens is 2. The predicted octanol–water partition coefficient (Wildman–Crippen LogP) is 2.79. The van der Waals surface area contributed by atoms with E-state index in [4.69, 9.17) is 4.42 Å². The molecule has 0 aliphatic carbocycles. The van der Waals surface area contributed by atoms with Crippen LogP contribution in [0.5, 0.6) is 0 Å². The minimum Gasteiger partial charge on any atom is -0.457 e. The van der Waals surface area contributed by atoms with Crippen molar-refractivity contribution in [3.8, 4) is 0 Å². The highest BCUT2D eigenvalue weighted by Crippen LogP contribution is 2.20. The normalized spacial score (nSPS) is 10.5. The zero-order valence-corrected chi connectivity index (χ0v) is 10.5. The Kier molecular flexibility index (Phi) is 3.58. The Morgan fingerprint density at radius 2 is 2.00 bits per heavy atom. The lowest BCUT2D eigenvalue weighted by atomic mass is 10.4. The predicted molar refractivity (Wildman–Crippen MR) is 65.2 cm³/mol. The lowest BCUT2D eigenvalue weighted by molar-refractivity contribution is 0.109. The van der Waals surface area contributed by atoms with Crippen LogP contribution in [-0.2, 0) is 5.75 Å². The van der Waals surface area contributed by atoms with Gasteiger partial charge < -0.3 is 4.42 Å². The van der Waals surface area contributed by atoms with Gasteiger partial charge in [0.2, 0.25) is 0 Å². The average Bonchev–Trinajstić information content (AvgIpc) is 2.73. The number of hydrogen-bond donors (Lipinski definition) is 0. The van der Waals surface area contributed by atoms with Crippen molar-refractivity contribution >= 4 is 18.0 Å². The number of furan rings is 1. The second-order valence-corrected chi connectivity index (χ2v) is 4.59. The van der Waals surface area contributed by atoms with Gasteiger partial charge in [0, 0.05) is 11.4 Å². The number of thioether (sulfide) groups is 1. The molecule has 4 nitrogen and oxygen atoms in total. The summed E-state index contributed by atoms with van der Waals surface area (Å²) in [5.74, 6) is 1.72. The van der Waals surface area contributed by atoms with Gasteiger partial charge in [-0.15, -0.1) is 0 Å². The molecule has 2 heterocycles. The summed E-state index contributed by atoms with van der Waals surface area (Å²) in [6, 6.07) is 5.38. The van der Waals surface area contributed by atoms with Gasteiger partial charge in [0.05, 0.1) is 5.75 Å². The van der Waals surface area contributed by atoms with Gasteiger partial charge in [0.25, 0.3) is 0 Å². The maximum absolute atomic E-state index is 10.5. The van der Waals surface area contributed by atoms with Gasteiger partial charge in [0.1, 0.15) is 5.76 Å². The van der Waals surface area contributed by atoms with Crippen LogP contribution in [0.4, 0.5) is 0 Å². The van der Waals surface area contributed by atoms with Crippen LogP contribution in [0.3, 0.4) is 0 Å². The minimum atomic E-state index is 0.349. The summed E-state index contributed by atoms with van der Waals surface area (Å²) >= 11 is 1.49. The standard InChI is InChI=1S/C12H12N2O2S/c1-8-5-9(2)14-12(13-8)17-7-11-4-3-10(6-15)16-11/h3-6H,7H2,1-2H3. The lowest BCUT2D eigenvalue weighted by Gasteiger charge is -2.01. The van der Waals surface area contributed by atoms with E-state index in [1.165, 1.54) is 11.8 Å². The Bertz CT molecular complexity index is 517.